The minimum atomic E-state index is -0.339. The van der Waals surface area contributed by atoms with Gasteiger partial charge >= 0.3 is 0 Å². The van der Waals surface area contributed by atoms with Crippen molar-refractivity contribution in [3.63, 3.8) is 0 Å². The number of amides is 2. The number of nitrogens with one attached hydrogen (secondary N) is 1. The molecule has 0 aliphatic carbocycles. The van der Waals surface area contributed by atoms with E-state index in [0.29, 0.717) is 19.6 Å². The number of carbonyl (C=O) groups is 2. The van der Waals surface area contributed by atoms with Gasteiger partial charge in [-0.05, 0) is 38.5 Å². The summed E-state index contributed by atoms with van der Waals surface area (Å²) in [7, 11) is 0. The Labute approximate surface area is 182 Å². The van der Waals surface area contributed by atoms with Crippen molar-refractivity contribution in [3.05, 3.63) is 82.7 Å². The molecular weight excluding hydrogens is 388 g/mol. The number of hydrogen-bond acceptors (Lipinski definition) is 3. The number of aromatic nitrogens is 2. The molecule has 1 aromatic heterocycles. The van der Waals surface area contributed by atoms with Gasteiger partial charge in [0, 0.05) is 36.5 Å². The zero-order valence-electron chi connectivity index (χ0n) is 18.3. The number of nitrogens with zero attached hydrogens (tertiary/aromatic N) is 3. The van der Waals surface area contributed by atoms with E-state index in [1.54, 1.807) is 4.90 Å². The number of rotatable bonds is 6. The topological polar surface area (TPSA) is 67.2 Å². The van der Waals surface area contributed by atoms with Gasteiger partial charge in [0.05, 0.1) is 18.2 Å². The lowest BCUT2D eigenvalue weighted by Crippen LogP contribution is -2.32. The first-order valence-electron chi connectivity index (χ1n) is 10.6. The van der Waals surface area contributed by atoms with Gasteiger partial charge in [-0.2, -0.15) is 5.10 Å². The summed E-state index contributed by atoms with van der Waals surface area (Å²) in [6, 6.07) is 18.0. The van der Waals surface area contributed by atoms with Crippen LogP contribution in [0, 0.1) is 26.7 Å². The Morgan fingerprint density at radius 1 is 1.06 bits per heavy atom. The summed E-state index contributed by atoms with van der Waals surface area (Å²) in [6.45, 7) is 7.54. The van der Waals surface area contributed by atoms with Crippen LogP contribution < -0.4 is 10.2 Å². The van der Waals surface area contributed by atoms with Crippen molar-refractivity contribution in [3.8, 4) is 0 Å². The SMILES string of the molecule is Cc1ccc(N2C[C@@H](C(=O)NCc3c(C)nn(Cc4ccccc4)c3C)CC2=O)cc1. The van der Waals surface area contributed by atoms with Crippen molar-refractivity contribution in [2.75, 3.05) is 11.4 Å². The highest BCUT2D eigenvalue weighted by molar-refractivity contribution is 6.00. The van der Waals surface area contributed by atoms with Gasteiger partial charge in [-0.3, -0.25) is 14.3 Å². The Morgan fingerprint density at radius 3 is 2.48 bits per heavy atom. The first-order chi connectivity index (χ1) is 14.9. The molecule has 0 saturated carbocycles. The molecule has 0 bridgehead atoms. The monoisotopic (exact) mass is 416 g/mol. The summed E-state index contributed by atoms with van der Waals surface area (Å²) in [4.78, 5) is 27.0. The third kappa shape index (κ3) is 4.53. The fourth-order valence-electron chi connectivity index (χ4n) is 4.08. The van der Waals surface area contributed by atoms with Crippen LogP contribution >= 0.6 is 0 Å². The third-order valence-corrected chi connectivity index (χ3v) is 5.99. The number of carbonyl (C=O) groups excluding carboxylic acids is 2. The van der Waals surface area contributed by atoms with Crippen molar-refractivity contribution in [1.29, 1.82) is 0 Å². The zero-order valence-corrected chi connectivity index (χ0v) is 18.3. The van der Waals surface area contributed by atoms with Crippen molar-refractivity contribution in [2.24, 2.45) is 5.92 Å². The minimum absolute atomic E-state index is 0.00737. The Bertz CT molecular complexity index is 1090. The molecule has 160 valence electrons. The molecule has 31 heavy (non-hydrogen) atoms. The average Bonchev–Trinajstić information content (AvgIpc) is 3.27. The summed E-state index contributed by atoms with van der Waals surface area (Å²) in [5.41, 5.74) is 6.17. The van der Waals surface area contributed by atoms with Crippen LogP contribution in [0.25, 0.3) is 0 Å². The fourth-order valence-corrected chi connectivity index (χ4v) is 4.08. The van der Waals surface area contributed by atoms with E-state index in [4.69, 9.17) is 0 Å². The molecular formula is C25H28N4O2. The van der Waals surface area contributed by atoms with Gasteiger partial charge in [0.25, 0.3) is 0 Å². The molecule has 1 fully saturated rings. The van der Waals surface area contributed by atoms with Gasteiger partial charge < -0.3 is 10.2 Å². The van der Waals surface area contributed by atoms with E-state index in [-0.39, 0.29) is 24.2 Å². The molecule has 4 rings (SSSR count). The number of hydrogen-bond donors (Lipinski definition) is 1. The molecule has 1 aliphatic heterocycles. The summed E-state index contributed by atoms with van der Waals surface area (Å²) in [5.74, 6) is -0.432. The van der Waals surface area contributed by atoms with Crippen molar-refractivity contribution >= 4 is 17.5 Å². The van der Waals surface area contributed by atoms with Crippen LogP contribution in [0.1, 0.15) is 34.5 Å². The van der Waals surface area contributed by atoms with Crippen LogP contribution in [0.3, 0.4) is 0 Å². The lowest BCUT2D eigenvalue weighted by atomic mass is 10.1. The Balaban J connectivity index is 1.39. The number of anilines is 1. The van der Waals surface area contributed by atoms with E-state index in [1.807, 2.05) is 67.9 Å². The second kappa shape index (κ2) is 8.76. The highest BCUT2D eigenvalue weighted by Gasteiger charge is 2.35. The predicted molar refractivity (Wildman–Crippen MR) is 121 cm³/mol. The molecule has 3 aromatic rings. The summed E-state index contributed by atoms with van der Waals surface area (Å²) < 4.78 is 1.98. The summed E-state index contributed by atoms with van der Waals surface area (Å²) >= 11 is 0. The second-order valence-electron chi connectivity index (χ2n) is 8.25. The van der Waals surface area contributed by atoms with E-state index in [9.17, 15) is 9.59 Å². The molecule has 6 nitrogen and oxygen atoms in total. The third-order valence-electron chi connectivity index (χ3n) is 5.99. The molecule has 0 unspecified atom stereocenters. The van der Waals surface area contributed by atoms with Gasteiger partial charge in [0.15, 0.2) is 0 Å². The first-order valence-corrected chi connectivity index (χ1v) is 10.6. The maximum atomic E-state index is 12.8. The maximum Gasteiger partial charge on any atom is 0.227 e. The van der Waals surface area contributed by atoms with E-state index in [2.05, 4.69) is 22.5 Å². The smallest absolute Gasteiger partial charge is 0.227 e. The normalized spacial score (nSPS) is 16.0. The molecule has 1 saturated heterocycles. The highest BCUT2D eigenvalue weighted by atomic mass is 16.2. The van der Waals surface area contributed by atoms with E-state index < -0.39 is 0 Å². The van der Waals surface area contributed by atoms with Gasteiger partial charge in [0.2, 0.25) is 11.8 Å². The Hall–Kier alpha value is -3.41. The van der Waals surface area contributed by atoms with Crippen LogP contribution in [0.15, 0.2) is 54.6 Å². The van der Waals surface area contributed by atoms with Crippen molar-refractivity contribution < 1.29 is 9.59 Å². The van der Waals surface area contributed by atoms with Crippen LogP contribution in [0.2, 0.25) is 0 Å². The Kier molecular flexibility index (Phi) is 5.89. The molecule has 1 aliphatic rings. The van der Waals surface area contributed by atoms with Gasteiger partial charge in [-0.1, -0.05) is 48.0 Å². The largest absolute Gasteiger partial charge is 0.352 e. The van der Waals surface area contributed by atoms with Gasteiger partial charge in [-0.25, -0.2) is 0 Å². The summed E-state index contributed by atoms with van der Waals surface area (Å²) in [5, 5.41) is 7.69. The number of aryl methyl sites for hydroxylation is 2. The van der Waals surface area contributed by atoms with Crippen LogP contribution in [-0.2, 0) is 22.7 Å². The maximum absolute atomic E-state index is 12.8. The first kappa shape index (κ1) is 20.8. The molecule has 1 N–H and O–H groups in total. The van der Waals surface area contributed by atoms with E-state index >= 15 is 0 Å². The quantitative estimate of drug-likeness (QED) is 0.669. The molecule has 0 spiro atoms. The number of benzene rings is 2. The van der Waals surface area contributed by atoms with Crippen LogP contribution in [0.5, 0.6) is 0 Å². The van der Waals surface area contributed by atoms with Crippen molar-refractivity contribution in [2.45, 2.75) is 40.3 Å². The average molecular weight is 417 g/mol. The minimum Gasteiger partial charge on any atom is -0.352 e. The molecule has 0 radical (unpaired) electrons. The molecule has 6 heteroatoms. The lowest BCUT2D eigenvalue weighted by Gasteiger charge is -2.17. The van der Waals surface area contributed by atoms with Gasteiger partial charge in [-0.15, -0.1) is 0 Å². The highest BCUT2D eigenvalue weighted by Crippen LogP contribution is 2.25. The molecule has 1 atom stereocenters. The molecule has 2 amide bonds. The lowest BCUT2D eigenvalue weighted by molar-refractivity contribution is -0.126. The standard InChI is InChI=1S/C25H28N4O2/c1-17-9-11-22(12-10-17)28-16-21(13-24(28)30)25(31)26-14-23-18(2)27-29(19(23)3)15-20-7-5-4-6-8-20/h4-12,21H,13-16H2,1-3H3,(H,26,31)/t21-/m0/s1. The van der Waals surface area contributed by atoms with Crippen LogP contribution in [0.4, 0.5) is 5.69 Å². The molecule has 2 aromatic carbocycles. The second-order valence-corrected chi connectivity index (χ2v) is 8.25. The van der Waals surface area contributed by atoms with Crippen molar-refractivity contribution in [1.82, 2.24) is 15.1 Å². The van der Waals surface area contributed by atoms with E-state index in [0.717, 1.165) is 28.2 Å². The van der Waals surface area contributed by atoms with Crippen LogP contribution in [-0.4, -0.2) is 28.1 Å². The fraction of sp³-hybridized carbons (Fsp3) is 0.320. The zero-order chi connectivity index (χ0) is 22.0. The molecule has 2 heterocycles. The van der Waals surface area contributed by atoms with E-state index in [1.165, 1.54) is 5.56 Å². The summed E-state index contributed by atoms with van der Waals surface area (Å²) in [6.07, 6.45) is 0.241. The Morgan fingerprint density at radius 2 is 1.77 bits per heavy atom. The van der Waals surface area contributed by atoms with Gasteiger partial charge in [0.1, 0.15) is 0 Å². The predicted octanol–water partition coefficient (Wildman–Crippen LogP) is 3.53.